The van der Waals surface area contributed by atoms with Crippen molar-refractivity contribution >= 4 is 29.3 Å². The summed E-state index contributed by atoms with van der Waals surface area (Å²) in [5, 5.41) is 30.4. The summed E-state index contributed by atoms with van der Waals surface area (Å²) < 4.78 is 16.5. The van der Waals surface area contributed by atoms with Gasteiger partial charge in [-0.05, 0) is 381 Å². The van der Waals surface area contributed by atoms with Gasteiger partial charge in [-0.3, -0.25) is 48.5 Å². The van der Waals surface area contributed by atoms with E-state index in [0.717, 1.165) is 161 Å². The molecule has 27 rings (SSSR count). The maximum atomic E-state index is 13.6. The number of rotatable bonds is 19. The molecule has 8 aliphatic heterocycles. The number of amides is 3. The summed E-state index contributed by atoms with van der Waals surface area (Å²) in [5.41, 5.74) is 18.7. The smallest absolute Gasteiger partial charge is 0.228 e. The van der Waals surface area contributed by atoms with Gasteiger partial charge >= 0.3 is 0 Å². The van der Waals surface area contributed by atoms with Crippen LogP contribution in [0.25, 0.3) is 0 Å². The van der Waals surface area contributed by atoms with Crippen molar-refractivity contribution in [3.63, 3.8) is 0 Å². The van der Waals surface area contributed by atoms with Gasteiger partial charge in [0.25, 0.3) is 0 Å². The van der Waals surface area contributed by atoms with E-state index < -0.39 is 0 Å². The minimum atomic E-state index is -0.252. The maximum Gasteiger partial charge on any atom is 0.228 e. The molecule has 724 valence electrons. The van der Waals surface area contributed by atoms with Crippen molar-refractivity contribution in [2.24, 2.45) is 53.3 Å². The lowest BCUT2D eigenvalue weighted by atomic mass is 9.52. The first-order valence-electron chi connectivity index (χ1n) is 53.3. The molecule has 3 amide bonds. The summed E-state index contributed by atoms with van der Waals surface area (Å²) in [6, 6.07) is 50.3. The first kappa shape index (κ1) is 91.4. The summed E-state index contributed by atoms with van der Waals surface area (Å²) in [6.07, 6.45) is 36.8. The highest BCUT2D eigenvalue weighted by Crippen LogP contribution is 2.62. The number of aryl methyl sites for hydroxylation is 1. The Labute approximate surface area is 811 Å². The topological polar surface area (TPSA) is 200 Å². The van der Waals surface area contributed by atoms with Crippen LogP contribution in [0.3, 0.4) is 0 Å². The lowest BCUT2D eigenvalue weighted by Crippen LogP contribution is -2.67. The minimum absolute atomic E-state index is 0.00632. The fourth-order valence-electron chi connectivity index (χ4n) is 30.6. The molecule has 7 aromatic carbocycles. The number of piperidine rings is 7. The third-order valence-corrected chi connectivity index (χ3v) is 38.4. The number of nitrogens with zero attached hydrogens (tertiary/aromatic N) is 8. The third-order valence-electron chi connectivity index (χ3n) is 38.4. The van der Waals surface area contributed by atoms with Gasteiger partial charge in [0, 0.05) is 160 Å². The highest BCUT2D eigenvalue weighted by molar-refractivity contribution is 5.87. The second-order valence-electron chi connectivity index (χ2n) is 46.7. The zero-order valence-electron chi connectivity index (χ0n) is 81.9. The second kappa shape index (κ2) is 36.6. The monoisotopic (exact) mass is 1850 g/mol. The van der Waals surface area contributed by atoms with Gasteiger partial charge in [-0.2, -0.15) is 0 Å². The predicted octanol–water partition coefficient (Wildman–Crippen LogP) is 17.6. The van der Waals surface area contributed by atoms with Crippen molar-refractivity contribution in [2.75, 3.05) is 106 Å². The maximum absolute atomic E-state index is 13.6. The molecule has 19 heteroatoms. The summed E-state index contributed by atoms with van der Waals surface area (Å²) in [5.74, 6) is 11.6. The number of hydrogen-bond donors (Lipinski definition) is 3. The number of hydrogen-bond acceptors (Lipinski definition) is 16. The largest absolute Gasteiger partial charge is 0.508 e. The van der Waals surface area contributed by atoms with E-state index in [4.69, 9.17) is 14.2 Å². The molecule has 14 fully saturated rings. The number of carbonyl (C=O) groups excluding carboxylic acids is 5. The molecule has 10 bridgehead atoms. The second-order valence-corrected chi connectivity index (χ2v) is 46.7. The summed E-state index contributed by atoms with van der Waals surface area (Å²) >= 11 is 0. The van der Waals surface area contributed by atoms with E-state index in [2.05, 4.69) is 134 Å². The number of ketones is 2. The van der Waals surface area contributed by atoms with Crippen molar-refractivity contribution in [1.82, 2.24) is 39.2 Å². The Hall–Kier alpha value is -9.37. The van der Waals surface area contributed by atoms with Gasteiger partial charge in [-0.1, -0.05) is 85.1 Å². The molecule has 7 aromatic rings. The van der Waals surface area contributed by atoms with Crippen LogP contribution in [0.15, 0.2) is 151 Å². The number of ether oxygens (including phenoxy) is 3. The molecule has 0 spiro atoms. The fourth-order valence-corrected chi connectivity index (χ4v) is 30.6. The first-order valence-corrected chi connectivity index (χ1v) is 53.3. The number of likely N-dealkylation sites (tertiary alicyclic amines) is 7. The van der Waals surface area contributed by atoms with E-state index in [0.29, 0.717) is 116 Å². The van der Waals surface area contributed by atoms with Crippen molar-refractivity contribution in [3.05, 3.63) is 224 Å². The number of Topliss-reactive ketones (excluding diaryl/α,β-unsaturated/α-hetero) is 2. The molecule has 7 saturated carbocycles. The molecule has 3 N–H and O–H groups in total. The molecule has 12 aliphatic carbocycles. The Morgan fingerprint density at radius 1 is 0.380 bits per heavy atom. The van der Waals surface area contributed by atoms with Crippen LogP contribution < -0.4 is 14.2 Å². The van der Waals surface area contributed by atoms with Gasteiger partial charge in [0.1, 0.15) is 46.1 Å². The van der Waals surface area contributed by atoms with Crippen molar-refractivity contribution < 1.29 is 53.5 Å². The molecular formula is C118H146N8O11. The standard InChI is InChI=1S/C28H34N2O3.C27H30N2O2.C22H28N2O3.C21H29NO.C20H25NO2/c1-32-22-8-5-20(6-9-22)17-30-18-25-26-13-21-7-10-23(33-2)14-24(21)28(25,15-27(30)31)11-12-29(26)16-19-3-4-19;1-18-2-4-19(5-3-18)16-29-17-24-25-12-21-8-9-22(30)13-23(21)27(24,14-26(29)31)10-11-28(25)15-20-6-7-20;1-14(25)11-24-13-19-20-8-16-4-5-17(26)9-18(16)22(19,10-21(24)27)6-7-23(20)12-15-2-3-15;1-23-17-8-7-16-12-20-18-4-2-3-9-21(18,19(16)13-17)10-11-22(20)14-15-5-6-15;22-15-4-3-14-9-19-17-6-5-16(23)11-20(17,18(14)10-15)7-8-21(19)12-13-1-2-13/h5-10,14,19,25-26H,3-4,11-13,15-18H2,1-2H3;2-5,8-9,13,17,20,25,30H,6-7,10-12,14-16H2,1H3;4-5,9,15,19-20,26H,2-3,6-8,10-13H2,1H3;7-8,13,15,18,20H,2-6,9-12,14H2,1H3;3-4,10,13,17,19,22H,1-2,5-9,11-12H2/t25-,26+,28+;25-,27-;19-,20+,22+;18-,20+,21+;17-,19+,20-/m01000/s1. The van der Waals surface area contributed by atoms with Gasteiger partial charge in [0.15, 0.2) is 0 Å². The van der Waals surface area contributed by atoms with Crippen LogP contribution in [0.5, 0.6) is 34.5 Å². The number of benzene rings is 7. The zero-order valence-corrected chi connectivity index (χ0v) is 81.9. The number of fused-ring (bicyclic) bond motifs is 5. The average molecular weight is 1850 g/mol. The molecule has 0 unspecified atom stereocenters. The highest BCUT2D eigenvalue weighted by atomic mass is 16.5. The van der Waals surface area contributed by atoms with E-state index in [1.54, 1.807) is 49.3 Å². The molecule has 7 saturated heterocycles. The van der Waals surface area contributed by atoms with E-state index >= 15 is 0 Å². The molecular weight excluding hydrogens is 1710 g/mol. The number of methoxy groups -OCH3 is 3. The number of aromatic hydroxyl groups is 3. The lowest BCUT2D eigenvalue weighted by molar-refractivity contribution is -0.147. The Kier molecular flexibility index (Phi) is 24.4. The molecule has 19 nitrogen and oxygen atoms in total. The van der Waals surface area contributed by atoms with Gasteiger partial charge < -0.3 is 44.2 Å². The van der Waals surface area contributed by atoms with E-state index in [-0.39, 0.29) is 51.7 Å². The van der Waals surface area contributed by atoms with E-state index in [1.165, 1.54) is 203 Å². The average Bonchev–Trinajstić information content (AvgIpc) is 0.784. The van der Waals surface area contributed by atoms with Crippen LogP contribution in [0, 0.1) is 60.2 Å². The van der Waals surface area contributed by atoms with Crippen LogP contribution in [0.2, 0.25) is 0 Å². The molecule has 0 radical (unpaired) electrons. The fraction of sp³-hybridized carbons (Fsp3) is 0.585. The van der Waals surface area contributed by atoms with Crippen LogP contribution in [0.1, 0.15) is 240 Å². The quantitative estimate of drug-likeness (QED) is 0.0690. The minimum Gasteiger partial charge on any atom is -0.508 e. The van der Waals surface area contributed by atoms with Crippen LogP contribution in [-0.2, 0) is 96.2 Å². The number of carbonyl (C=O) groups is 5. The first-order chi connectivity index (χ1) is 66.5. The van der Waals surface area contributed by atoms with Crippen LogP contribution in [0.4, 0.5) is 0 Å². The lowest BCUT2D eigenvalue weighted by Gasteiger charge is -2.60. The summed E-state index contributed by atoms with van der Waals surface area (Å²) in [6.45, 7) is 18.6. The van der Waals surface area contributed by atoms with Crippen molar-refractivity contribution in [2.45, 2.75) is 277 Å². The van der Waals surface area contributed by atoms with Gasteiger partial charge in [-0.15, -0.1) is 0 Å². The SMILES string of the molecule is CC(=O)CN1C[C@H]2[C@H]3Cc4ccc(O)cc4[C@@]2(CCN3CC2CC2)CC1=O.COc1ccc(CN2C[C@H]3[C@H]4Cc5ccc(OC)cc5[C@@]3(CCN4CC3CC3)CC2=O)cc1.COc1ccc2c(c1)[C@@]13CCCC[C@H]1[C@@H](C2)N(CC1CC1)CC3.Cc1ccc(CN2C=C3[C@H]4Cc5ccc(O)cc5[C@@]3(CCN4CC3CC3)CC2=O)cc1.O=C1CC[C@H]2[C@H]3Cc4ccc(O)cc4[C@@]2(CCN3CC2CC2)C1. The molecule has 20 aliphatic rings. The van der Waals surface area contributed by atoms with Gasteiger partial charge in [-0.25, -0.2) is 0 Å². The Balaban J connectivity index is 0.0000000968. The third kappa shape index (κ3) is 17.5. The highest BCUT2D eigenvalue weighted by Gasteiger charge is 2.63. The zero-order chi connectivity index (χ0) is 93.5. The molecule has 8 heterocycles. The molecule has 14 atom stereocenters. The summed E-state index contributed by atoms with van der Waals surface area (Å²) in [7, 11) is 5.23. The van der Waals surface area contributed by atoms with Crippen LogP contribution >= 0.6 is 0 Å². The number of phenolic OH excluding ortho intramolecular Hbond substituents is 3. The normalized spacial score (nSPS) is 31.8. The Morgan fingerprint density at radius 3 is 1.28 bits per heavy atom. The number of phenols is 3. The molecule has 0 aromatic heterocycles. The van der Waals surface area contributed by atoms with E-state index in [9.17, 15) is 39.3 Å². The predicted molar refractivity (Wildman–Crippen MR) is 531 cm³/mol. The van der Waals surface area contributed by atoms with Gasteiger partial charge in [0.2, 0.25) is 17.7 Å². The Morgan fingerprint density at radius 2 is 0.781 bits per heavy atom. The van der Waals surface area contributed by atoms with Crippen molar-refractivity contribution in [1.29, 1.82) is 0 Å². The van der Waals surface area contributed by atoms with Crippen LogP contribution in [-0.4, -0.2) is 220 Å². The van der Waals surface area contributed by atoms with Gasteiger partial charge in [0.05, 0.1) is 34.4 Å². The Bertz CT molecular complexity index is 5800. The van der Waals surface area contributed by atoms with Crippen molar-refractivity contribution in [3.8, 4) is 34.5 Å². The van der Waals surface area contributed by atoms with E-state index in [1.807, 2.05) is 48.4 Å². The summed E-state index contributed by atoms with van der Waals surface area (Å²) in [4.78, 5) is 83.5. The molecule has 137 heavy (non-hydrogen) atoms.